The van der Waals surface area contributed by atoms with Gasteiger partial charge in [-0.2, -0.15) is 5.10 Å². The fourth-order valence-corrected chi connectivity index (χ4v) is 4.22. The number of benzene rings is 1. The Balaban J connectivity index is 1.82. The lowest BCUT2D eigenvalue weighted by molar-refractivity contribution is -0.138. The van der Waals surface area contributed by atoms with Crippen molar-refractivity contribution in [1.82, 2.24) is 14.7 Å². The maximum atomic E-state index is 13.1. The number of carbonyl (C=O) groups is 2. The molecule has 1 aliphatic rings. The van der Waals surface area contributed by atoms with Gasteiger partial charge in [0.15, 0.2) is 0 Å². The van der Waals surface area contributed by atoms with Gasteiger partial charge in [-0.05, 0) is 37.8 Å². The maximum absolute atomic E-state index is 13.1. The number of anilines is 1. The SMILES string of the molecule is CCCCN(CC(=O)Nc1cc(C(C)(C)C)nn1-c1ccccc1C)C(=O)C1CCCC1. The second-order valence-electron chi connectivity index (χ2n) is 10.0. The third-order valence-corrected chi connectivity index (χ3v) is 6.22. The zero-order chi connectivity index (χ0) is 23.3. The molecule has 0 spiro atoms. The van der Waals surface area contributed by atoms with E-state index in [-0.39, 0.29) is 29.7 Å². The van der Waals surface area contributed by atoms with Crippen LogP contribution in [0.5, 0.6) is 0 Å². The molecule has 1 aromatic heterocycles. The molecule has 0 bridgehead atoms. The van der Waals surface area contributed by atoms with Crippen LogP contribution < -0.4 is 5.32 Å². The van der Waals surface area contributed by atoms with Crippen molar-refractivity contribution in [3.63, 3.8) is 0 Å². The largest absolute Gasteiger partial charge is 0.333 e. The Morgan fingerprint density at radius 1 is 1.19 bits per heavy atom. The second kappa shape index (κ2) is 10.3. The van der Waals surface area contributed by atoms with E-state index in [0.717, 1.165) is 55.5 Å². The van der Waals surface area contributed by atoms with Crippen LogP contribution in [-0.2, 0) is 15.0 Å². The molecule has 3 rings (SSSR count). The molecule has 0 radical (unpaired) electrons. The molecule has 6 nitrogen and oxygen atoms in total. The number of aromatic nitrogens is 2. The molecule has 174 valence electrons. The van der Waals surface area contributed by atoms with Crippen LogP contribution in [0.15, 0.2) is 30.3 Å². The number of hydrogen-bond donors (Lipinski definition) is 1. The van der Waals surface area contributed by atoms with E-state index >= 15 is 0 Å². The fraction of sp³-hybridized carbons (Fsp3) is 0.577. The Morgan fingerprint density at radius 3 is 2.50 bits per heavy atom. The summed E-state index contributed by atoms with van der Waals surface area (Å²) in [4.78, 5) is 27.9. The minimum atomic E-state index is -0.178. The fourth-order valence-electron chi connectivity index (χ4n) is 4.22. The number of hydrogen-bond acceptors (Lipinski definition) is 3. The Morgan fingerprint density at radius 2 is 1.88 bits per heavy atom. The van der Waals surface area contributed by atoms with Crippen LogP contribution in [0.1, 0.15) is 77.5 Å². The molecule has 0 atom stereocenters. The summed E-state index contributed by atoms with van der Waals surface area (Å²) in [5.41, 5.74) is 2.76. The average molecular weight is 439 g/mol. The van der Waals surface area contributed by atoms with Crippen LogP contribution >= 0.6 is 0 Å². The van der Waals surface area contributed by atoms with E-state index in [1.54, 1.807) is 4.90 Å². The van der Waals surface area contributed by atoms with E-state index in [0.29, 0.717) is 12.4 Å². The minimum Gasteiger partial charge on any atom is -0.333 e. The summed E-state index contributed by atoms with van der Waals surface area (Å²) in [5.74, 6) is 0.666. The zero-order valence-electron chi connectivity index (χ0n) is 20.3. The first kappa shape index (κ1) is 24.0. The molecule has 1 heterocycles. The molecule has 1 aliphatic carbocycles. The van der Waals surface area contributed by atoms with E-state index < -0.39 is 0 Å². The van der Waals surface area contributed by atoms with Crippen LogP contribution in [0.2, 0.25) is 0 Å². The van der Waals surface area contributed by atoms with Gasteiger partial charge in [-0.25, -0.2) is 4.68 Å². The van der Waals surface area contributed by atoms with Gasteiger partial charge in [-0.1, -0.05) is 65.2 Å². The highest BCUT2D eigenvalue weighted by Gasteiger charge is 2.29. The van der Waals surface area contributed by atoms with E-state index in [1.165, 1.54) is 0 Å². The van der Waals surface area contributed by atoms with Gasteiger partial charge in [0.05, 0.1) is 17.9 Å². The Kier molecular flexibility index (Phi) is 7.75. The highest BCUT2D eigenvalue weighted by atomic mass is 16.2. The number of aryl methyl sites for hydroxylation is 1. The monoisotopic (exact) mass is 438 g/mol. The van der Waals surface area contributed by atoms with E-state index in [4.69, 9.17) is 5.10 Å². The van der Waals surface area contributed by atoms with Crippen molar-refractivity contribution in [2.45, 2.75) is 78.6 Å². The molecule has 1 saturated carbocycles. The summed E-state index contributed by atoms with van der Waals surface area (Å²) >= 11 is 0. The average Bonchev–Trinajstić information content (AvgIpc) is 3.41. The third-order valence-electron chi connectivity index (χ3n) is 6.22. The van der Waals surface area contributed by atoms with Gasteiger partial charge in [0.2, 0.25) is 11.8 Å². The summed E-state index contributed by atoms with van der Waals surface area (Å²) in [6.07, 6.45) is 5.99. The smallest absolute Gasteiger partial charge is 0.245 e. The van der Waals surface area contributed by atoms with Crippen molar-refractivity contribution in [3.05, 3.63) is 41.6 Å². The second-order valence-corrected chi connectivity index (χ2v) is 10.0. The van der Waals surface area contributed by atoms with Gasteiger partial charge in [-0.3, -0.25) is 9.59 Å². The standard InChI is InChI=1S/C26H38N4O2/c1-6-7-16-29(25(32)20-13-9-10-14-20)18-24(31)27-23-17-22(26(3,4)5)28-30(23)21-15-11-8-12-19(21)2/h8,11-12,15,17,20H,6-7,9-10,13-14,16,18H2,1-5H3,(H,27,31). The van der Waals surface area contributed by atoms with Gasteiger partial charge < -0.3 is 10.2 Å². The van der Waals surface area contributed by atoms with E-state index in [9.17, 15) is 9.59 Å². The Labute approximate surface area is 192 Å². The molecular formula is C26H38N4O2. The predicted molar refractivity (Wildman–Crippen MR) is 129 cm³/mol. The van der Waals surface area contributed by atoms with Crippen molar-refractivity contribution in [1.29, 1.82) is 0 Å². The molecule has 1 fully saturated rings. The predicted octanol–water partition coefficient (Wildman–Crippen LogP) is 5.24. The number of unbranched alkanes of at least 4 members (excludes halogenated alkanes) is 1. The summed E-state index contributed by atoms with van der Waals surface area (Å²) in [7, 11) is 0. The van der Waals surface area contributed by atoms with Crippen LogP contribution in [0.4, 0.5) is 5.82 Å². The van der Waals surface area contributed by atoms with E-state index in [2.05, 4.69) is 33.0 Å². The molecule has 0 unspecified atom stereocenters. The molecular weight excluding hydrogens is 400 g/mol. The van der Waals surface area contributed by atoms with E-state index in [1.807, 2.05) is 41.9 Å². The molecule has 6 heteroatoms. The maximum Gasteiger partial charge on any atom is 0.245 e. The van der Waals surface area contributed by atoms with Crippen LogP contribution in [-0.4, -0.2) is 39.6 Å². The number of rotatable bonds is 8. The first-order valence-electron chi connectivity index (χ1n) is 12.0. The van der Waals surface area contributed by atoms with Crippen molar-refractivity contribution in [2.75, 3.05) is 18.4 Å². The van der Waals surface area contributed by atoms with Crippen molar-refractivity contribution >= 4 is 17.6 Å². The lowest BCUT2D eigenvalue weighted by atomic mass is 9.92. The minimum absolute atomic E-state index is 0.0737. The Hall–Kier alpha value is -2.63. The van der Waals surface area contributed by atoms with Crippen LogP contribution in [0, 0.1) is 12.8 Å². The highest BCUT2D eigenvalue weighted by Crippen LogP contribution is 2.28. The van der Waals surface area contributed by atoms with Gasteiger partial charge in [0, 0.05) is 23.9 Å². The summed E-state index contributed by atoms with van der Waals surface area (Å²) in [6, 6.07) is 9.94. The first-order chi connectivity index (χ1) is 15.2. The molecule has 1 aromatic carbocycles. The van der Waals surface area contributed by atoms with Gasteiger partial charge in [0.25, 0.3) is 0 Å². The van der Waals surface area contributed by atoms with Gasteiger partial charge in [-0.15, -0.1) is 0 Å². The molecule has 32 heavy (non-hydrogen) atoms. The molecule has 0 aliphatic heterocycles. The zero-order valence-corrected chi connectivity index (χ0v) is 20.3. The first-order valence-corrected chi connectivity index (χ1v) is 12.0. The number of carbonyl (C=O) groups excluding carboxylic acids is 2. The number of nitrogens with one attached hydrogen (secondary N) is 1. The number of para-hydroxylation sites is 1. The van der Waals surface area contributed by atoms with Crippen molar-refractivity contribution in [3.8, 4) is 5.69 Å². The lowest BCUT2D eigenvalue weighted by Gasteiger charge is -2.25. The van der Waals surface area contributed by atoms with Crippen LogP contribution in [0.25, 0.3) is 5.69 Å². The lowest BCUT2D eigenvalue weighted by Crippen LogP contribution is -2.41. The van der Waals surface area contributed by atoms with Crippen LogP contribution in [0.3, 0.4) is 0 Å². The highest BCUT2D eigenvalue weighted by molar-refractivity contribution is 5.94. The van der Waals surface area contributed by atoms with Crippen molar-refractivity contribution in [2.24, 2.45) is 5.92 Å². The Bertz CT molecular complexity index is 936. The normalized spacial score (nSPS) is 14.5. The quantitative estimate of drug-likeness (QED) is 0.613. The number of nitrogens with zero attached hydrogens (tertiary/aromatic N) is 3. The number of amides is 2. The molecule has 0 saturated heterocycles. The topological polar surface area (TPSA) is 67.2 Å². The molecule has 2 amide bonds. The van der Waals surface area contributed by atoms with Crippen molar-refractivity contribution < 1.29 is 9.59 Å². The molecule has 1 N–H and O–H groups in total. The van der Waals surface area contributed by atoms with Gasteiger partial charge >= 0.3 is 0 Å². The third kappa shape index (κ3) is 5.78. The van der Waals surface area contributed by atoms with Gasteiger partial charge in [0.1, 0.15) is 5.82 Å². The molecule has 2 aromatic rings. The summed E-state index contributed by atoms with van der Waals surface area (Å²) < 4.78 is 1.81. The summed E-state index contributed by atoms with van der Waals surface area (Å²) in [5, 5.41) is 7.86. The summed E-state index contributed by atoms with van der Waals surface area (Å²) in [6.45, 7) is 11.2.